The van der Waals surface area contributed by atoms with Crippen LogP contribution in [0.1, 0.15) is 60.8 Å². The summed E-state index contributed by atoms with van der Waals surface area (Å²) in [6.45, 7) is 16.0. The van der Waals surface area contributed by atoms with Gasteiger partial charge in [-0.05, 0) is 45.4 Å². The van der Waals surface area contributed by atoms with Crippen LogP contribution in [0.3, 0.4) is 0 Å². The van der Waals surface area contributed by atoms with E-state index in [1.165, 1.54) is 19.3 Å². The third-order valence-electron chi connectivity index (χ3n) is 4.51. The van der Waals surface area contributed by atoms with Gasteiger partial charge in [-0.2, -0.15) is 0 Å². The number of rotatable bonds is 0. The average molecular weight is 239 g/mol. The molecular weight excluding hydrogens is 210 g/mol. The summed E-state index contributed by atoms with van der Waals surface area (Å²) in [4.78, 5) is 2.69. The molecule has 2 heteroatoms. The Morgan fingerprint density at radius 3 is 2.00 bits per heavy atom. The van der Waals surface area contributed by atoms with Crippen molar-refractivity contribution in [2.24, 2.45) is 5.41 Å². The third kappa shape index (κ3) is 2.53. The fraction of sp³-hybridized carbons (Fsp3) is 1.00. The van der Waals surface area contributed by atoms with Crippen LogP contribution in [0.2, 0.25) is 0 Å². The standard InChI is InChI=1S/C15H29NO/c1-13(2,3)12-10-17-15(8-7-9-15)11-16(12)14(4,5)6/h12H,7-11H2,1-6H3. The van der Waals surface area contributed by atoms with Crippen LogP contribution in [0.4, 0.5) is 0 Å². The highest BCUT2D eigenvalue weighted by Gasteiger charge is 2.49. The van der Waals surface area contributed by atoms with Crippen LogP contribution in [0.15, 0.2) is 0 Å². The minimum absolute atomic E-state index is 0.203. The maximum atomic E-state index is 6.22. The van der Waals surface area contributed by atoms with Gasteiger partial charge in [0.25, 0.3) is 0 Å². The van der Waals surface area contributed by atoms with Gasteiger partial charge in [0.2, 0.25) is 0 Å². The van der Waals surface area contributed by atoms with Crippen LogP contribution >= 0.6 is 0 Å². The first-order valence-electron chi connectivity index (χ1n) is 7.05. The molecule has 1 aliphatic heterocycles. The molecular formula is C15H29NO. The van der Waals surface area contributed by atoms with Gasteiger partial charge in [-0.15, -0.1) is 0 Å². The molecule has 0 N–H and O–H groups in total. The summed E-state index contributed by atoms with van der Waals surface area (Å²) in [7, 11) is 0. The Bertz CT molecular complexity index is 280. The molecule has 1 aliphatic carbocycles. The Morgan fingerprint density at radius 1 is 1.06 bits per heavy atom. The molecule has 0 bridgehead atoms. The van der Waals surface area contributed by atoms with E-state index in [4.69, 9.17) is 4.74 Å². The predicted molar refractivity (Wildman–Crippen MR) is 72.2 cm³/mol. The number of ether oxygens (including phenoxy) is 1. The van der Waals surface area contributed by atoms with Gasteiger partial charge in [0.1, 0.15) is 0 Å². The zero-order chi connectivity index (χ0) is 12.9. The van der Waals surface area contributed by atoms with E-state index in [1.807, 2.05) is 0 Å². The predicted octanol–water partition coefficient (Wildman–Crippen LogP) is 3.45. The first kappa shape index (κ1) is 13.4. The molecule has 0 amide bonds. The summed E-state index contributed by atoms with van der Waals surface area (Å²) in [5, 5.41) is 0. The highest BCUT2D eigenvalue weighted by Crippen LogP contribution is 2.44. The van der Waals surface area contributed by atoms with E-state index in [2.05, 4.69) is 46.4 Å². The van der Waals surface area contributed by atoms with E-state index in [0.29, 0.717) is 11.5 Å². The normalized spacial score (nSPS) is 30.4. The van der Waals surface area contributed by atoms with Crippen molar-refractivity contribution >= 4 is 0 Å². The monoisotopic (exact) mass is 239 g/mol. The van der Waals surface area contributed by atoms with Crippen molar-refractivity contribution in [3.8, 4) is 0 Å². The smallest absolute Gasteiger partial charge is 0.0810 e. The molecule has 0 radical (unpaired) electrons. The Balaban J connectivity index is 2.18. The van der Waals surface area contributed by atoms with E-state index in [9.17, 15) is 0 Å². The molecule has 2 aliphatic rings. The maximum absolute atomic E-state index is 6.22. The summed E-state index contributed by atoms with van der Waals surface area (Å²) >= 11 is 0. The Hall–Kier alpha value is -0.0800. The van der Waals surface area contributed by atoms with Gasteiger partial charge >= 0.3 is 0 Å². The molecule has 0 aromatic heterocycles. The highest BCUT2D eigenvalue weighted by molar-refractivity contribution is 5.02. The lowest BCUT2D eigenvalue weighted by Crippen LogP contribution is -2.66. The lowest BCUT2D eigenvalue weighted by atomic mass is 9.74. The van der Waals surface area contributed by atoms with Gasteiger partial charge in [0.15, 0.2) is 0 Å². The van der Waals surface area contributed by atoms with Crippen molar-refractivity contribution in [3.05, 3.63) is 0 Å². The quantitative estimate of drug-likeness (QED) is 0.642. The molecule has 2 fully saturated rings. The van der Waals surface area contributed by atoms with E-state index in [0.717, 1.165) is 13.2 Å². The minimum atomic E-state index is 0.203. The van der Waals surface area contributed by atoms with E-state index < -0.39 is 0 Å². The number of nitrogens with zero attached hydrogens (tertiary/aromatic N) is 1. The minimum Gasteiger partial charge on any atom is -0.372 e. The second-order valence-corrected chi connectivity index (χ2v) is 8.03. The van der Waals surface area contributed by atoms with Crippen LogP contribution < -0.4 is 0 Å². The lowest BCUT2D eigenvalue weighted by Gasteiger charge is -2.58. The van der Waals surface area contributed by atoms with Gasteiger partial charge in [-0.1, -0.05) is 20.8 Å². The summed E-state index contributed by atoms with van der Waals surface area (Å²) in [5.41, 5.74) is 0.734. The molecule has 2 rings (SSSR count). The largest absolute Gasteiger partial charge is 0.372 e. The zero-order valence-corrected chi connectivity index (χ0v) is 12.5. The molecule has 2 nitrogen and oxygen atoms in total. The third-order valence-corrected chi connectivity index (χ3v) is 4.51. The molecule has 1 heterocycles. The fourth-order valence-electron chi connectivity index (χ4n) is 3.11. The number of hydrogen-bond donors (Lipinski definition) is 0. The van der Waals surface area contributed by atoms with Gasteiger partial charge in [0.05, 0.1) is 12.2 Å². The van der Waals surface area contributed by atoms with Crippen molar-refractivity contribution < 1.29 is 4.74 Å². The van der Waals surface area contributed by atoms with Crippen molar-refractivity contribution in [1.82, 2.24) is 4.90 Å². The topological polar surface area (TPSA) is 12.5 Å². The van der Waals surface area contributed by atoms with Crippen molar-refractivity contribution in [2.45, 2.75) is 78.0 Å². The van der Waals surface area contributed by atoms with Crippen molar-refractivity contribution in [1.29, 1.82) is 0 Å². The first-order chi connectivity index (χ1) is 7.64. The molecule has 1 saturated heterocycles. The Morgan fingerprint density at radius 2 is 1.65 bits per heavy atom. The first-order valence-corrected chi connectivity index (χ1v) is 7.05. The molecule has 100 valence electrons. The summed E-state index contributed by atoms with van der Waals surface area (Å²) in [5.74, 6) is 0. The molecule has 1 spiro atoms. The van der Waals surface area contributed by atoms with E-state index in [-0.39, 0.29) is 11.1 Å². The van der Waals surface area contributed by atoms with Crippen LogP contribution in [0, 0.1) is 5.41 Å². The Labute approximate surface area is 107 Å². The maximum Gasteiger partial charge on any atom is 0.0810 e. The SMILES string of the molecule is CC(C)(C)C1COC2(CCC2)CN1C(C)(C)C. The van der Waals surface area contributed by atoms with Crippen LogP contribution in [-0.4, -0.2) is 35.2 Å². The van der Waals surface area contributed by atoms with Gasteiger partial charge in [0, 0.05) is 18.1 Å². The molecule has 1 atom stereocenters. The van der Waals surface area contributed by atoms with Crippen molar-refractivity contribution in [2.75, 3.05) is 13.2 Å². The fourth-order valence-corrected chi connectivity index (χ4v) is 3.11. The molecule has 1 saturated carbocycles. The zero-order valence-electron chi connectivity index (χ0n) is 12.5. The summed E-state index contributed by atoms with van der Waals surface area (Å²) in [6.07, 6.45) is 3.87. The van der Waals surface area contributed by atoms with Gasteiger partial charge < -0.3 is 4.74 Å². The van der Waals surface area contributed by atoms with Crippen LogP contribution in [0.25, 0.3) is 0 Å². The molecule has 1 unspecified atom stereocenters. The summed E-state index contributed by atoms with van der Waals surface area (Å²) in [6, 6.07) is 0.536. The lowest BCUT2D eigenvalue weighted by molar-refractivity contribution is -0.204. The molecule has 0 aromatic carbocycles. The number of morpholine rings is 1. The highest BCUT2D eigenvalue weighted by atomic mass is 16.5. The van der Waals surface area contributed by atoms with Gasteiger partial charge in [-0.25, -0.2) is 0 Å². The van der Waals surface area contributed by atoms with Crippen LogP contribution in [0.5, 0.6) is 0 Å². The van der Waals surface area contributed by atoms with Crippen LogP contribution in [-0.2, 0) is 4.74 Å². The number of hydrogen-bond acceptors (Lipinski definition) is 2. The molecule has 17 heavy (non-hydrogen) atoms. The second-order valence-electron chi connectivity index (χ2n) is 8.03. The van der Waals surface area contributed by atoms with Gasteiger partial charge in [-0.3, -0.25) is 4.90 Å². The van der Waals surface area contributed by atoms with E-state index in [1.54, 1.807) is 0 Å². The second kappa shape index (κ2) is 3.96. The van der Waals surface area contributed by atoms with E-state index >= 15 is 0 Å². The Kier molecular flexibility index (Phi) is 3.11. The van der Waals surface area contributed by atoms with Crippen molar-refractivity contribution in [3.63, 3.8) is 0 Å². The molecule has 0 aromatic rings. The average Bonchev–Trinajstić information content (AvgIpc) is 2.11. The summed E-state index contributed by atoms with van der Waals surface area (Å²) < 4.78 is 6.22.